The molecule has 3 N–H and O–H groups in total. The first-order valence-electron chi connectivity index (χ1n) is 8.73. The van der Waals surface area contributed by atoms with Crippen LogP contribution in [0.2, 0.25) is 0 Å². The first-order chi connectivity index (χ1) is 13.2. The van der Waals surface area contributed by atoms with Crippen molar-refractivity contribution in [3.05, 3.63) is 78.0 Å². The summed E-state index contributed by atoms with van der Waals surface area (Å²) in [5.74, 6) is 1.93. The fraction of sp³-hybridized carbons (Fsp3) is 0.0952. The molecule has 2 heterocycles. The van der Waals surface area contributed by atoms with Gasteiger partial charge in [-0.2, -0.15) is 10.1 Å². The zero-order chi connectivity index (χ0) is 18.6. The van der Waals surface area contributed by atoms with Crippen molar-refractivity contribution in [1.29, 1.82) is 0 Å². The maximum atomic E-state index is 4.54. The van der Waals surface area contributed by atoms with Gasteiger partial charge in [0.25, 0.3) is 0 Å². The number of nitrogens with zero attached hydrogens (tertiary/aromatic N) is 3. The number of benzene rings is 2. The Kier molecular flexibility index (Phi) is 4.53. The Labute approximate surface area is 157 Å². The third-order valence-corrected chi connectivity index (χ3v) is 4.08. The van der Waals surface area contributed by atoms with Crippen molar-refractivity contribution in [2.45, 2.75) is 13.8 Å². The lowest BCUT2D eigenvalue weighted by Crippen LogP contribution is -2.02. The highest BCUT2D eigenvalue weighted by Crippen LogP contribution is 2.22. The summed E-state index contributed by atoms with van der Waals surface area (Å²) in [4.78, 5) is 9.00. The van der Waals surface area contributed by atoms with E-state index in [-0.39, 0.29) is 0 Å². The molecule has 4 rings (SSSR count). The number of hydrogen-bond donors (Lipinski definition) is 3. The van der Waals surface area contributed by atoms with Gasteiger partial charge in [0.1, 0.15) is 5.82 Å². The van der Waals surface area contributed by atoms with Gasteiger partial charge in [-0.3, -0.25) is 5.10 Å². The molecule has 134 valence electrons. The molecule has 0 fully saturated rings. The Balaban J connectivity index is 1.53. The average Bonchev–Trinajstić information content (AvgIpc) is 3.12. The molecule has 0 aliphatic rings. The molecule has 6 heteroatoms. The van der Waals surface area contributed by atoms with E-state index in [0.29, 0.717) is 17.6 Å². The zero-order valence-electron chi connectivity index (χ0n) is 15.2. The lowest BCUT2D eigenvalue weighted by atomic mass is 10.2. The lowest BCUT2D eigenvalue weighted by molar-refractivity contribution is 1.08. The molecule has 27 heavy (non-hydrogen) atoms. The Morgan fingerprint density at radius 3 is 2.33 bits per heavy atom. The third-order valence-electron chi connectivity index (χ3n) is 4.08. The third kappa shape index (κ3) is 4.12. The smallest absolute Gasteiger partial charge is 0.229 e. The van der Waals surface area contributed by atoms with E-state index in [4.69, 9.17) is 0 Å². The van der Waals surface area contributed by atoms with E-state index in [1.165, 1.54) is 5.56 Å². The Morgan fingerprint density at radius 2 is 1.56 bits per heavy atom. The maximum absolute atomic E-state index is 4.54. The highest BCUT2D eigenvalue weighted by Gasteiger charge is 2.07. The zero-order valence-corrected chi connectivity index (χ0v) is 15.2. The van der Waals surface area contributed by atoms with Crippen LogP contribution in [-0.4, -0.2) is 20.2 Å². The largest absolute Gasteiger partial charge is 0.324 e. The van der Waals surface area contributed by atoms with Crippen LogP contribution < -0.4 is 10.6 Å². The van der Waals surface area contributed by atoms with Gasteiger partial charge in [-0.15, -0.1) is 0 Å². The molecule has 0 amide bonds. The van der Waals surface area contributed by atoms with E-state index >= 15 is 0 Å². The van der Waals surface area contributed by atoms with Crippen LogP contribution in [0.5, 0.6) is 0 Å². The van der Waals surface area contributed by atoms with Crippen LogP contribution in [-0.2, 0) is 0 Å². The summed E-state index contributed by atoms with van der Waals surface area (Å²) >= 11 is 0. The minimum atomic E-state index is 0.542. The topological polar surface area (TPSA) is 78.5 Å². The van der Waals surface area contributed by atoms with Crippen LogP contribution in [0.1, 0.15) is 11.3 Å². The van der Waals surface area contributed by atoms with Gasteiger partial charge >= 0.3 is 0 Å². The summed E-state index contributed by atoms with van der Waals surface area (Å²) in [7, 11) is 0. The molecule has 0 saturated carbocycles. The van der Waals surface area contributed by atoms with E-state index in [1.54, 1.807) is 0 Å². The van der Waals surface area contributed by atoms with Crippen LogP contribution in [0, 0.1) is 13.8 Å². The summed E-state index contributed by atoms with van der Waals surface area (Å²) in [6, 6.07) is 22.0. The number of anilines is 4. The minimum Gasteiger partial charge on any atom is -0.324 e. The van der Waals surface area contributed by atoms with Crippen molar-refractivity contribution >= 4 is 23.3 Å². The summed E-state index contributed by atoms with van der Waals surface area (Å²) in [6.45, 7) is 4.00. The van der Waals surface area contributed by atoms with Gasteiger partial charge in [0.15, 0.2) is 5.82 Å². The van der Waals surface area contributed by atoms with Crippen molar-refractivity contribution in [2.24, 2.45) is 0 Å². The van der Waals surface area contributed by atoms with E-state index in [9.17, 15) is 0 Å². The second-order valence-corrected chi connectivity index (χ2v) is 6.37. The molecule has 0 radical (unpaired) electrons. The van der Waals surface area contributed by atoms with Crippen LogP contribution in [0.15, 0.2) is 66.7 Å². The summed E-state index contributed by atoms with van der Waals surface area (Å²) in [5, 5.41) is 13.8. The second kappa shape index (κ2) is 7.29. The van der Waals surface area contributed by atoms with E-state index in [1.807, 2.05) is 73.7 Å². The molecule has 0 atom stereocenters. The van der Waals surface area contributed by atoms with E-state index in [2.05, 4.69) is 37.7 Å². The van der Waals surface area contributed by atoms with Gasteiger partial charge < -0.3 is 10.6 Å². The summed E-state index contributed by atoms with van der Waals surface area (Å²) in [5.41, 5.74) is 5.05. The summed E-state index contributed by atoms with van der Waals surface area (Å²) < 4.78 is 0. The predicted molar refractivity (Wildman–Crippen MR) is 109 cm³/mol. The number of aryl methyl sites for hydroxylation is 2. The van der Waals surface area contributed by atoms with Crippen molar-refractivity contribution in [3.63, 3.8) is 0 Å². The molecule has 2 aromatic heterocycles. The van der Waals surface area contributed by atoms with E-state index < -0.39 is 0 Å². The van der Waals surface area contributed by atoms with Crippen molar-refractivity contribution in [2.75, 3.05) is 10.6 Å². The molecular weight excluding hydrogens is 336 g/mol. The highest BCUT2D eigenvalue weighted by molar-refractivity contribution is 5.65. The number of aromatic amines is 1. The fourth-order valence-corrected chi connectivity index (χ4v) is 2.74. The van der Waals surface area contributed by atoms with Crippen LogP contribution >= 0.6 is 0 Å². The molecule has 2 aromatic carbocycles. The maximum Gasteiger partial charge on any atom is 0.229 e. The first kappa shape index (κ1) is 16.8. The molecule has 4 aromatic rings. The molecule has 0 unspecified atom stereocenters. The SMILES string of the molecule is Cc1ccc(Nc2nc(C)cc(Nc3cc(-c4ccccc4)[nH]n3)n2)cc1. The monoisotopic (exact) mass is 356 g/mol. The number of rotatable bonds is 5. The number of aromatic nitrogens is 4. The van der Waals surface area contributed by atoms with Gasteiger partial charge in [-0.1, -0.05) is 48.0 Å². The van der Waals surface area contributed by atoms with Gasteiger partial charge in [0.2, 0.25) is 5.95 Å². The van der Waals surface area contributed by atoms with Gasteiger partial charge in [-0.05, 0) is 31.5 Å². The quantitative estimate of drug-likeness (QED) is 0.470. The van der Waals surface area contributed by atoms with Gasteiger partial charge in [0, 0.05) is 23.5 Å². The van der Waals surface area contributed by atoms with Gasteiger partial charge in [-0.25, -0.2) is 4.98 Å². The number of hydrogen-bond acceptors (Lipinski definition) is 5. The molecule has 0 aliphatic carbocycles. The van der Waals surface area contributed by atoms with Gasteiger partial charge in [0.05, 0.1) is 5.69 Å². The standard InChI is InChI=1S/C21H20N6/c1-14-8-10-17(11-9-14)23-21-22-15(2)12-19(25-21)24-20-13-18(26-27-20)16-6-4-3-5-7-16/h3-13H,1-2H3,(H3,22,23,24,25,26,27). The molecule has 0 aliphatic heterocycles. The molecule has 0 saturated heterocycles. The molecule has 0 bridgehead atoms. The molecule has 0 spiro atoms. The lowest BCUT2D eigenvalue weighted by Gasteiger charge is -2.09. The number of H-pyrrole nitrogens is 1. The summed E-state index contributed by atoms with van der Waals surface area (Å²) in [6.07, 6.45) is 0. The van der Waals surface area contributed by atoms with Crippen molar-refractivity contribution in [1.82, 2.24) is 20.2 Å². The fourth-order valence-electron chi connectivity index (χ4n) is 2.74. The molecular formula is C21H20N6. The Hall–Kier alpha value is -3.67. The Bertz CT molecular complexity index is 1040. The average molecular weight is 356 g/mol. The Morgan fingerprint density at radius 1 is 0.778 bits per heavy atom. The minimum absolute atomic E-state index is 0.542. The predicted octanol–water partition coefficient (Wildman–Crippen LogP) is 4.97. The van der Waals surface area contributed by atoms with Crippen LogP contribution in [0.4, 0.5) is 23.3 Å². The van der Waals surface area contributed by atoms with Crippen LogP contribution in [0.3, 0.4) is 0 Å². The second-order valence-electron chi connectivity index (χ2n) is 6.37. The van der Waals surface area contributed by atoms with Crippen LogP contribution in [0.25, 0.3) is 11.3 Å². The normalized spacial score (nSPS) is 10.6. The first-order valence-corrected chi connectivity index (χ1v) is 8.73. The van der Waals surface area contributed by atoms with Crippen molar-refractivity contribution < 1.29 is 0 Å². The number of nitrogens with one attached hydrogen (secondary N) is 3. The van der Waals surface area contributed by atoms with E-state index in [0.717, 1.165) is 22.6 Å². The molecule has 6 nitrogen and oxygen atoms in total. The highest BCUT2D eigenvalue weighted by atomic mass is 15.2. The van der Waals surface area contributed by atoms with Crippen molar-refractivity contribution in [3.8, 4) is 11.3 Å².